The molecule has 2 unspecified atom stereocenters. The number of benzene rings is 1. The molecular weight excluding hydrogens is 351 g/mol. The van der Waals surface area contributed by atoms with Crippen molar-refractivity contribution in [2.24, 2.45) is 5.41 Å². The SMILES string of the molecule is CC12CCc3c(ccc4c3CC[C@@H](OSOO[O-])C4)C1CC[C@@H]2O.[Na+]. The summed E-state index contributed by atoms with van der Waals surface area (Å²) < 4.78 is 9.66. The van der Waals surface area contributed by atoms with E-state index in [0.29, 0.717) is 18.2 Å². The molecule has 4 rings (SSSR count). The molecule has 132 valence electrons. The van der Waals surface area contributed by atoms with Gasteiger partial charge in [0.2, 0.25) is 0 Å². The Kier molecular flexibility index (Phi) is 6.57. The molecule has 0 aromatic heterocycles. The molecular formula is C18H23NaO5S. The number of hydrogen-bond acceptors (Lipinski definition) is 6. The van der Waals surface area contributed by atoms with Crippen LogP contribution in [0.5, 0.6) is 0 Å². The van der Waals surface area contributed by atoms with Crippen LogP contribution in [0.2, 0.25) is 0 Å². The van der Waals surface area contributed by atoms with Crippen molar-refractivity contribution in [3.63, 3.8) is 0 Å². The van der Waals surface area contributed by atoms with E-state index in [9.17, 15) is 10.4 Å². The van der Waals surface area contributed by atoms with Crippen molar-refractivity contribution >= 4 is 12.3 Å². The molecule has 0 amide bonds. The summed E-state index contributed by atoms with van der Waals surface area (Å²) in [6, 6.07) is 4.51. The van der Waals surface area contributed by atoms with Crippen LogP contribution in [0.15, 0.2) is 12.1 Å². The van der Waals surface area contributed by atoms with Crippen molar-refractivity contribution in [3.8, 4) is 0 Å². The molecule has 5 nitrogen and oxygen atoms in total. The first-order valence-corrected chi connectivity index (χ1v) is 9.40. The normalized spacial score (nSPS) is 33.2. The van der Waals surface area contributed by atoms with Gasteiger partial charge in [-0.2, -0.15) is 0 Å². The van der Waals surface area contributed by atoms with Gasteiger partial charge in [0.05, 0.1) is 12.2 Å². The maximum Gasteiger partial charge on any atom is 1.00 e. The van der Waals surface area contributed by atoms with Crippen LogP contribution < -0.4 is 34.8 Å². The van der Waals surface area contributed by atoms with Crippen LogP contribution >= 0.6 is 12.3 Å². The molecule has 1 aromatic carbocycles. The van der Waals surface area contributed by atoms with E-state index in [4.69, 9.17) is 4.18 Å². The largest absolute Gasteiger partial charge is 1.00 e. The van der Waals surface area contributed by atoms with E-state index in [1.807, 2.05) is 0 Å². The molecule has 7 heteroatoms. The molecule has 1 saturated carbocycles. The summed E-state index contributed by atoms with van der Waals surface area (Å²) in [5, 5.41) is 23.6. The molecule has 25 heavy (non-hydrogen) atoms. The molecule has 0 aliphatic heterocycles. The van der Waals surface area contributed by atoms with Gasteiger partial charge < -0.3 is 10.4 Å². The van der Waals surface area contributed by atoms with Crippen LogP contribution in [0.25, 0.3) is 0 Å². The molecule has 3 aliphatic carbocycles. The van der Waals surface area contributed by atoms with E-state index in [2.05, 4.69) is 28.4 Å². The predicted octanol–water partition coefficient (Wildman–Crippen LogP) is -0.458. The monoisotopic (exact) mass is 374 g/mol. The average Bonchev–Trinajstić information content (AvgIpc) is 2.90. The number of fused-ring (bicyclic) bond motifs is 5. The summed E-state index contributed by atoms with van der Waals surface area (Å²) in [5.74, 6) is 0.494. The predicted molar refractivity (Wildman–Crippen MR) is 87.5 cm³/mol. The van der Waals surface area contributed by atoms with Gasteiger partial charge in [-0.1, -0.05) is 19.1 Å². The van der Waals surface area contributed by atoms with Gasteiger partial charge in [0.15, 0.2) is 12.3 Å². The van der Waals surface area contributed by atoms with Gasteiger partial charge in [-0.05, 0) is 66.7 Å². The zero-order valence-electron chi connectivity index (χ0n) is 14.8. The Morgan fingerprint density at radius 1 is 1.20 bits per heavy atom. The van der Waals surface area contributed by atoms with Crippen molar-refractivity contribution in [2.75, 3.05) is 0 Å². The van der Waals surface area contributed by atoms with Gasteiger partial charge in [0, 0.05) is 11.8 Å². The average molecular weight is 374 g/mol. The maximum absolute atomic E-state index is 10.4. The second-order valence-corrected chi connectivity index (χ2v) is 8.05. The summed E-state index contributed by atoms with van der Waals surface area (Å²) in [5.41, 5.74) is 5.87. The van der Waals surface area contributed by atoms with Gasteiger partial charge in [0.25, 0.3) is 0 Å². The Bertz CT molecular complexity index is 628. The Labute approximate surface area is 175 Å². The van der Waals surface area contributed by atoms with Crippen molar-refractivity contribution in [1.29, 1.82) is 0 Å². The first-order valence-electron chi connectivity index (χ1n) is 8.73. The number of aliphatic hydroxyl groups is 1. The topological polar surface area (TPSA) is 71.0 Å². The van der Waals surface area contributed by atoms with E-state index in [1.54, 1.807) is 0 Å². The van der Waals surface area contributed by atoms with Crippen molar-refractivity contribution in [3.05, 3.63) is 34.4 Å². The van der Waals surface area contributed by atoms with Crippen LogP contribution in [0, 0.1) is 5.41 Å². The summed E-state index contributed by atoms with van der Waals surface area (Å²) in [6.07, 6.45) is 6.79. The fourth-order valence-corrected chi connectivity index (χ4v) is 5.49. The third kappa shape index (κ3) is 3.58. The minimum absolute atomic E-state index is 0. The Morgan fingerprint density at radius 3 is 2.84 bits per heavy atom. The Hall–Kier alpha value is 0.370. The van der Waals surface area contributed by atoms with E-state index in [1.165, 1.54) is 22.3 Å². The molecule has 1 N–H and O–H groups in total. The summed E-state index contributed by atoms with van der Waals surface area (Å²) >= 11 is 0.613. The fraction of sp³-hybridized carbons (Fsp3) is 0.667. The van der Waals surface area contributed by atoms with Crippen LogP contribution in [-0.4, -0.2) is 17.3 Å². The van der Waals surface area contributed by atoms with Crippen LogP contribution in [0.4, 0.5) is 0 Å². The number of hydrogen-bond donors (Lipinski definition) is 1. The summed E-state index contributed by atoms with van der Waals surface area (Å²) in [6.45, 7) is 2.26. The quantitative estimate of drug-likeness (QED) is 0.253. The van der Waals surface area contributed by atoms with Gasteiger partial charge in [-0.25, -0.2) is 0 Å². The standard InChI is InChI=1S/C18H24O5S.Na/c1-18-9-8-14-13-5-3-12(21-24-23-22-20)10-11(13)2-4-15(14)16(18)6-7-17(18)19;/h2,4,12,16-17,19-20H,3,5-10H2,1H3;/q;+1/p-1/t12-,16?,17+,18?;/m1./s1. The Balaban J connectivity index is 0.00000182. The van der Waals surface area contributed by atoms with E-state index in [0.717, 1.165) is 44.9 Å². The van der Waals surface area contributed by atoms with E-state index in [-0.39, 0.29) is 47.2 Å². The molecule has 4 atom stereocenters. The zero-order chi connectivity index (χ0) is 16.7. The van der Waals surface area contributed by atoms with E-state index >= 15 is 0 Å². The first kappa shape index (κ1) is 20.1. The third-order valence-electron chi connectivity index (χ3n) is 6.53. The smallest absolute Gasteiger partial charge is 0.691 e. The van der Waals surface area contributed by atoms with Crippen LogP contribution in [0.3, 0.4) is 0 Å². The van der Waals surface area contributed by atoms with Crippen LogP contribution in [0.1, 0.15) is 60.8 Å². The molecule has 0 heterocycles. The second-order valence-electron chi connectivity index (χ2n) is 7.59. The molecule has 3 aliphatic rings. The maximum atomic E-state index is 10.4. The zero-order valence-corrected chi connectivity index (χ0v) is 17.6. The van der Waals surface area contributed by atoms with Gasteiger partial charge in [-0.3, -0.25) is 9.22 Å². The van der Waals surface area contributed by atoms with E-state index < -0.39 is 0 Å². The molecule has 0 radical (unpaired) electrons. The number of rotatable bonds is 4. The summed E-state index contributed by atoms with van der Waals surface area (Å²) in [4.78, 5) is 0. The van der Waals surface area contributed by atoms with Gasteiger partial charge >= 0.3 is 29.6 Å². The Morgan fingerprint density at radius 2 is 2.04 bits per heavy atom. The van der Waals surface area contributed by atoms with Crippen molar-refractivity contribution in [2.45, 2.75) is 70.0 Å². The van der Waals surface area contributed by atoms with Gasteiger partial charge in [0.1, 0.15) is 0 Å². The first-order chi connectivity index (χ1) is 11.6. The molecule has 0 spiro atoms. The molecule has 0 saturated heterocycles. The minimum Gasteiger partial charge on any atom is -0.691 e. The molecule has 1 aromatic rings. The minimum atomic E-state index is -0.162. The van der Waals surface area contributed by atoms with Crippen molar-refractivity contribution < 1.29 is 53.5 Å². The van der Waals surface area contributed by atoms with Gasteiger partial charge in [-0.15, -0.1) is 4.33 Å². The number of aliphatic hydroxyl groups excluding tert-OH is 1. The fourth-order valence-electron chi connectivity index (χ4n) is 5.16. The molecule has 0 bridgehead atoms. The third-order valence-corrected chi connectivity index (χ3v) is 7.00. The van der Waals surface area contributed by atoms with Crippen molar-refractivity contribution in [1.82, 2.24) is 0 Å². The molecule has 1 fully saturated rings. The summed E-state index contributed by atoms with van der Waals surface area (Å²) in [7, 11) is 0. The van der Waals surface area contributed by atoms with Crippen LogP contribution in [-0.2, 0) is 32.8 Å². The second kappa shape index (κ2) is 8.17.